The Morgan fingerprint density at radius 3 is 2.42 bits per heavy atom. The average molecular weight is 453 g/mol. The van der Waals surface area contributed by atoms with E-state index in [1.165, 1.54) is 18.4 Å². The fraction of sp³-hybridized carbons (Fsp3) is 0.360. The molecular weight excluding hydrogens is 423 g/mol. The van der Waals surface area contributed by atoms with Crippen LogP contribution >= 0.6 is 0 Å². The molecule has 2 aromatic carbocycles. The summed E-state index contributed by atoms with van der Waals surface area (Å²) in [4.78, 5) is 21.3. The van der Waals surface area contributed by atoms with Gasteiger partial charge in [-0.25, -0.2) is 9.37 Å². The van der Waals surface area contributed by atoms with Gasteiger partial charge in [0.2, 0.25) is 5.89 Å². The van der Waals surface area contributed by atoms with E-state index in [0.29, 0.717) is 32.1 Å². The lowest BCUT2D eigenvalue weighted by Crippen LogP contribution is -2.41. The third-order valence-electron chi connectivity index (χ3n) is 5.53. The molecule has 1 aliphatic heterocycles. The van der Waals surface area contributed by atoms with Crippen molar-refractivity contribution in [3.05, 3.63) is 89.4 Å². The van der Waals surface area contributed by atoms with Crippen molar-refractivity contribution in [1.82, 2.24) is 20.1 Å². The summed E-state index contributed by atoms with van der Waals surface area (Å²) in [6.45, 7) is 6.25. The van der Waals surface area contributed by atoms with Crippen LogP contribution in [-0.4, -0.2) is 60.1 Å². The highest BCUT2D eigenvalue weighted by Crippen LogP contribution is 2.15. The van der Waals surface area contributed by atoms with Crippen LogP contribution < -0.4 is 5.32 Å². The molecule has 4 rings (SSSR count). The smallest absolute Gasteiger partial charge is 0.273 e. The van der Waals surface area contributed by atoms with E-state index in [1.54, 1.807) is 12.1 Å². The predicted octanol–water partition coefficient (Wildman–Crippen LogP) is 3.08. The Morgan fingerprint density at radius 2 is 1.70 bits per heavy atom. The number of morpholine rings is 1. The molecule has 0 saturated carbocycles. The maximum atomic E-state index is 13.3. The van der Waals surface area contributed by atoms with E-state index in [2.05, 4.69) is 32.2 Å². The minimum absolute atomic E-state index is 0.244. The number of carbonyl (C=O) groups excluding carboxylic acids is 1. The van der Waals surface area contributed by atoms with Gasteiger partial charge < -0.3 is 14.5 Å². The fourth-order valence-corrected chi connectivity index (χ4v) is 3.78. The van der Waals surface area contributed by atoms with Crippen LogP contribution in [0.15, 0.2) is 65.3 Å². The van der Waals surface area contributed by atoms with Crippen molar-refractivity contribution in [3.63, 3.8) is 0 Å². The second-order valence-corrected chi connectivity index (χ2v) is 8.09. The second kappa shape index (κ2) is 11.7. The molecule has 1 N–H and O–H groups in total. The monoisotopic (exact) mass is 452 g/mol. The van der Waals surface area contributed by atoms with Gasteiger partial charge in [0.15, 0.2) is 5.69 Å². The topological polar surface area (TPSA) is 70.8 Å². The minimum Gasteiger partial charge on any atom is -0.447 e. The third kappa shape index (κ3) is 7.21. The summed E-state index contributed by atoms with van der Waals surface area (Å²) in [6, 6.07) is 16.5. The molecule has 0 aliphatic carbocycles. The van der Waals surface area contributed by atoms with E-state index in [0.717, 1.165) is 44.0 Å². The van der Waals surface area contributed by atoms with Crippen LogP contribution in [-0.2, 0) is 24.4 Å². The van der Waals surface area contributed by atoms with Gasteiger partial charge in [0.25, 0.3) is 5.91 Å². The van der Waals surface area contributed by atoms with Crippen molar-refractivity contribution in [2.24, 2.45) is 0 Å². The largest absolute Gasteiger partial charge is 0.447 e. The maximum absolute atomic E-state index is 13.3. The zero-order valence-corrected chi connectivity index (χ0v) is 18.6. The molecule has 0 bridgehead atoms. The predicted molar refractivity (Wildman–Crippen MR) is 122 cm³/mol. The molecule has 0 spiro atoms. The van der Waals surface area contributed by atoms with E-state index >= 15 is 0 Å². The first-order valence-electron chi connectivity index (χ1n) is 11.2. The first kappa shape index (κ1) is 23.1. The molecule has 2 heterocycles. The van der Waals surface area contributed by atoms with Crippen LogP contribution in [0, 0.1) is 5.82 Å². The van der Waals surface area contributed by atoms with Gasteiger partial charge in [-0.05, 0) is 23.3 Å². The van der Waals surface area contributed by atoms with Gasteiger partial charge in [-0.15, -0.1) is 0 Å². The number of aromatic nitrogens is 1. The molecule has 33 heavy (non-hydrogen) atoms. The summed E-state index contributed by atoms with van der Waals surface area (Å²) in [5.74, 6) is -0.0388. The van der Waals surface area contributed by atoms with E-state index in [-0.39, 0.29) is 17.4 Å². The highest BCUT2D eigenvalue weighted by atomic mass is 19.1. The molecule has 7 nitrogen and oxygen atoms in total. The van der Waals surface area contributed by atoms with Crippen LogP contribution in [0.5, 0.6) is 0 Å². The Hall–Kier alpha value is -3.07. The van der Waals surface area contributed by atoms with Gasteiger partial charge in [-0.3, -0.25) is 14.6 Å². The Kier molecular flexibility index (Phi) is 8.19. The van der Waals surface area contributed by atoms with Crippen molar-refractivity contribution in [2.75, 3.05) is 39.4 Å². The van der Waals surface area contributed by atoms with E-state index < -0.39 is 0 Å². The molecule has 3 aromatic rings. The molecule has 1 fully saturated rings. The number of nitrogens with zero attached hydrogens (tertiary/aromatic N) is 3. The second-order valence-electron chi connectivity index (χ2n) is 8.09. The number of ether oxygens (including phenoxy) is 1. The lowest BCUT2D eigenvalue weighted by Gasteiger charge is -2.26. The number of benzene rings is 2. The molecule has 1 saturated heterocycles. The Labute approximate surface area is 193 Å². The molecule has 0 unspecified atom stereocenters. The first-order valence-corrected chi connectivity index (χ1v) is 11.2. The SMILES string of the molecule is O=C(NCCN1CCOCC1)c1coc(CN(Cc2ccccc2)Cc2ccc(F)cc2)n1. The number of hydrogen-bond acceptors (Lipinski definition) is 6. The Morgan fingerprint density at radius 1 is 1.00 bits per heavy atom. The first-order chi connectivity index (χ1) is 16.2. The number of rotatable bonds is 10. The van der Waals surface area contributed by atoms with Gasteiger partial charge in [-0.1, -0.05) is 42.5 Å². The van der Waals surface area contributed by atoms with Crippen molar-refractivity contribution >= 4 is 5.91 Å². The molecule has 0 atom stereocenters. The molecule has 1 amide bonds. The standard InChI is InChI=1S/C25H29FN4O3/c26-22-8-6-21(7-9-22)17-30(16-20-4-2-1-3-5-20)18-24-28-23(19-33-24)25(31)27-10-11-29-12-14-32-15-13-29/h1-9,19H,10-18H2,(H,27,31). The van der Waals surface area contributed by atoms with Crippen LogP contribution in [0.4, 0.5) is 4.39 Å². The van der Waals surface area contributed by atoms with Gasteiger partial charge >= 0.3 is 0 Å². The number of carbonyl (C=O) groups is 1. The van der Waals surface area contributed by atoms with Crippen molar-refractivity contribution < 1.29 is 18.3 Å². The van der Waals surface area contributed by atoms with Gasteiger partial charge in [0.1, 0.15) is 12.1 Å². The van der Waals surface area contributed by atoms with Crippen molar-refractivity contribution in [1.29, 1.82) is 0 Å². The molecule has 1 aliphatic rings. The lowest BCUT2D eigenvalue weighted by molar-refractivity contribution is 0.0383. The van der Waals surface area contributed by atoms with Crippen LogP contribution in [0.3, 0.4) is 0 Å². The Bertz CT molecular complexity index is 1000. The summed E-state index contributed by atoms with van der Waals surface area (Å²) in [7, 11) is 0. The Balaban J connectivity index is 1.35. The van der Waals surface area contributed by atoms with Gasteiger partial charge in [-0.2, -0.15) is 0 Å². The minimum atomic E-state index is -0.259. The number of amides is 1. The average Bonchev–Trinajstić information content (AvgIpc) is 3.30. The number of hydrogen-bond donors (Lipinski definition) is 1. The number of nitrogens with one attached hydrogen (secondary N) is 1. The number of halogens is 1. The van der Waals surface area contributed by atoms with Crippen molar-refractivity contribution in [3.8, 4) is 0 Å². The zero-order valence-electron chi connectivity index (χ0n) is 18.6. The highest BCUT2D eigenvalue weighted by molar-refractivity contribution is 5.91. The normalized spacial score (nSPS) is 14.5. The summed E-state index contributed by atoms with van der Waals surface area (Å²) in [5, 5.41) is 2.90. The van der Waals surface area contributed by atoms with E-state index in [4.69, 9.17) is 9.15 Å². The summed E-state index contributed by atoms with van der Waals surface area (Å²) in [6.07, 6.45) is 1.40. The van der Waals surface area contributed by atoms with Gasteiger partial charge in [0, 0.05) is 39.3 Å². The number of oxazole rings is 1. The van der Waals surface area contributed by atoms with Crippen LogP contribution in [0.2, 0.25) is 0 Å². The van der Waals surface area contributed by atoms with Crippen LogP contribution in [0.25, 0.3) is 0 Å². The molecule has 174 valence electrons. The molecule has 8 heteroatoms. The van der Waals surface area contributed by atoms with Crippen molar-refractivity contribution in [2.45, 2.75) is 19.6 Å². The molecule has 0 radical (unpaired) electrons. The summed E-state index contributed by atoms with van der Waals surface area (Å²) < 4.78 is 24.3. The maximum Gasteiger partial charge on any atom is 0.273 e. The van der Waals surface area contributed by atoms with E-state index in [9.17, 15) is 9.18 Å². The summed E-state index contributed by atoms with van der Waals surface area (Å²) >= 11 is 0. The lowest BCUT2D eigenvalue weighted by atomic mass is 10.1. The fourth-order valence-electron chi connectivity index (χ4n) is 3.78. The van der Waals surface area contributed by atoms with E-state index in [1.807, 2.05) is 18.2 Å². The summed E-state index contributed by atoms with van der Waals surface area (Å²) in [5.41, 5.74) is 2.40. The van der Waals surface area contributed by atoms with Gasteiger partial charge in [0.05, 0.1) is 19.8 Å². The third-order valence-corrected chi connectivity index (χ3v) is 5.53. The van der Waals surface area contributed by atoms with Crippen LogP contribution in [0.1, 0.15) is 27.5 Å². The molecule has 1 aromatic heterocycles. The zero-order chi connectivity index (χ0) is 22.9. The molecular formula is C25H29FN4O3. The highest BCUT2D eigenvalue weighted by Gasteiger charge is 2.16. The quantitative estimate of drug-likeness (QED) is 0.510.